The lowest BCUT2D eigenvalue weighted by Crippen LogP contribution is -2.35. The van der Waals surface area contributed by atoms with Gasteiger partial charge in [0.2, 0.25) is 0 Å². The monoisotopic (exact) mass is 384 g/mol. The van der Waals surface area contributed by atoms with Crippen molar-refractivity contribution in [2.45, 2.75) is 38.9 Å². The first kappa shape index (κ1) is 17.6. The molecule has 23 heavy (non-hydrogen) atoms. The van der Waals surface area contributed by atoms with E-state index < -0.39 is 11.7 Å². The number of halogens is 1. The number of carbonyl (C=O) groups is 1. The molecule has 1 aromatic rings. The lowest BCUT2D eigenvalue weighted by Gasteiger charge is -2.19. The Morgan fingerprint density at radius 3 is 2.87 bits per heavy atom. The quantitative estimate of drug-likeness (QED) is 0.843. The zero-order valence-electron chi connectivity index (χ0n) is 13.5. The van der Waals surface area contributed by atoms with Crippen LogP contribution in [0, 0.1) is 0 Å². The van der Waals surface area contributed by atoms with Crippen LogP contribution in [0.25, 0.3) is 0 Å². The van der Waals surface area contributed by atoms with Gasteiger partial charge in [-0.2, -0.15) is 0 Å². The van der Waals surface area contributed by atoms with E-state index in [4.69, 9.17) is 14.3 Å². The zero-order chi connectivity index (χ0) is 16.9. The molecule has 1 N–H and O–H groups in total. The first-order valence-electron chi connectivity index (χ1n) is 7.39. The van der Waals surface area contributed by atoms with Crippen molar-refractivity contribution in [3.63, 3.8) is 0 Å². The maximum atomic E-state index is 11.6. The molecule has 7 heteroatoms. The summed E-state index contributed by atoms with van der Waals surface area (Å²) in [6.07, 6.45) is -0.00840. The molecule has 0 saturated carbocycles. The standard InChI is InChI=1S/C16H21BrN2O4/c1-16(2,3)22-15(20)18-9-11-8-12(23-19-11)10-21-14-7-5-4-6-13(14)17/h4-7,12H,8-10H2,1-3H3,(H,18,20). The van der Waals surface area contributed by atoms with Gasteiger partial charge in [-0.3, -0.25) is 0 Å². The van der Waals surface area contributed by atoms with Crippen molar-refractivity contribution in [2.75, 3.05) is 13.2 Å². The smallest absolute Gasteiger partial charge is 0.407 e. The number of hydrogen-bond donors (Lipinski definition) is 1. The second kappa shape index (κ2) is 7.68. The number of nitrogens with zero attached hydrogens (tertiary/aromatic N) is 1. The van der Waals surface area contributed by atoms with Gasteiger partial charge in [0.1, 0.15) is 18.0 Å². The molecule has 1 amide bonds. The molecule has 6 nitrogen and oxygen atoms in total. The van der Waals surface area contributed by atoms with Crippen molar-refractivity contribution in [3.05, 3.63) is 28.7 Å². The van der Waals surface area contributed by atoms with Gasteiger partial charge in [-0.1, -0.05) is 17.3 Å². The first-order chi connectivity index (χ1) is 10.8. The Labute approximate surface area is 144 Å². The SMILES string of the molecule is CC(C)(C)OC(=O)NCC1=NOC(COc2ccccc2Br)C1. The summed E-state index contributed by atoms with van der Waals surface area (Å²) in [6, 6.07) is 7.62. The van der Waals surface area contributed by atoms with Gasteiger partial charge in [-0.25, -0.2) is 4.79 Å². The topological polar surface area (TPSA) is 69.2 Å². The highest BCUT2D eigenvalue weighted by Crippen LogP contribution is 2.24. The molecule has 1 aromatic carbocycles. The third-order valence-corrected chi connectivity index (χ3v) is 3.55. The van der Waals surface area contributed by atoms with Crippen molar-refractivity contribution in [2.24, 2.45) is 5.16 Å². The van der Waals surface area contributed by atoms with Crippen molar-refractivity contribution in [1.29, 1.82) is 0 Å². The number of hydrogen-bond acceptors (Lipinski definition) is 5. The Balaban J connectivity index is 1.70. The molecule has 0 radical (unpaired) electrons. The second-order valence-corrected chi connectivity index (χ2v) is 7.04. The van der Waals surface area contributed by atoms with Crippen LogP contribution in [0.4, 0.5) is 4.79 Å². The van der Waals surface area contributed by atoms with Crippen LogP contribution in [0.5, 0.6) is 5.75 Å². The summed E-state index contributed by atoms with van der Waals surface area (Å²) < 4.78 is 11.8. The third kappa shape index (κ3) is 6.09. The average molecular weight is 385 g/mol. The lowest BCUT2D eigenvalue weighted by molar-refractivity contribution is 0.0468. The van der Waals surface area contributed by atoms with Crippen LogP contribution < -0.4 is 10.1 Å². The second-order valence-electron chi connectivity index (χ2n) is 6.19. The van der Waals surface area contributed by atoms with Gasteiger partial charge in [0.25, 0.3) is 0 Å². The van der Waals surface area contributed by atoms with E-state index >= 15 is 0 Å². The van der Waals surface area contributed by atoms with Crippen LogP contribution in [0.3, 0.4) is 0 Å². The van der Waals surface area contributed by atoms with Gasteiger partial charge in [-0.15, -0.1) is 0 Å². The number of amides is 1. The fraction of sp³-hybridized carbons (Fsp3) is 0.500. The van der Waals surface area contributed by atoms with E-state index in [1.165, 1.54) is 0 Å². The Hall–Kier alpha value is -1.76. The highest BCUT2D eigenvalue weighted by atomic mass is 79.9. The summed E-state index contributed by atoms with van der Waals surface area (Å²) in [7, 11) is 0. The van der Waals surface area contributed by atoms with Crippen molar-refractivity contribution >= 4 is 27.7 Å². The fourth-order valence-corrected chi connectivity index (χ4v) is 2.31. The van der Waals surface area contributed by atoms with Gasteiger partial charge in [0.15, 0.2) is 6.10 Å². The lowest BCUT2D eigenvalue weighted by atomic mass is 10.2. The Bertz CT molecular complexity index is 584. The molecular formula is C16H21BrN2O4. The molecule has 1 heterocycles. The molecular weight excluding hydrogens is 364 g/mol. The summed E-state index contributed by atoms with van der Waals surface area (Å²) in [5.41, 5.74) is 0.244. The Kier molecular flexibility index (Phi) is 5.87. The van der Waals surface area contributed by atoms with E-state index in [-0.39, 0.29) is 6.10 Å². The number of oxime groups is 1. The number of benzene rings is 1. The minimum absolute atomic E-state index is 0.155. The van der Waals surface area contributed by atoms with E-state index in [2.05, 4.69) is 26.4 Å². The molecule has 1 atom stereocenters. The Morgan fingerprint density at radius 2 is 2.17 bits per heavy atom. The van der Waals surface area contributed by atoms with E-state index in [0.29, 0.717) is 19.6 Å². The minimum Gasteiger partial charge on any atom is -0.488 e. The molecule has 126 valence electrons. The summed E-state index contributed by atoms with van der Waals surface area (Å²) in [6.45, 7) is 6.15. The molecule has 0 aliphatic carbocycles. The number of ether oxygens (including phenoxy) is 2. The minimum atomic E-state index is -0.516. The molecule has 1 aliphatic rings. The molecule has 1 unspecified atom stereocenters. The predicted molar refractivity (Wildman–Crippen MR) is 90.8 cm³/mol. The van der Waals surface area contributed by atoms with Crippen LogP contribution in [0.15, 0.2) is 33.9 Å². The van der Waals surface area contributed by atoms with Crippen molar-refractivity contribution < 1.29 is 19.1 Å². The number of nitrogens with one attached hydrogen (secondary N) is 1. The first-order valence-corrected chi connectivity index (χ1v) is 8.18. The molecule has 0 spiro atoms. The van der Waals surface area contributed by atoms with Gasteiger partial charge in [-0.05, 0) is 48.8 Å². The van der Waals surface area contributed by atoms with Crippen LogP contribution >= 0.6 is 15.9 Å². The fourth-order valence-electron chi connectivity index (χ4n) is 1.91. The summed E-state index contributed by atoms with van der Waals surface area (Å²) >= 11 is 3.43. The van der Waals surface area contributed by atoms with Crippen LogP contribution in [-0.4, -0.2) is 36.7 Å². The van der Waals surface area contributed by atoms with Gasteiger partial charge in [0, 0.05) is 6.42 Å². The van der Waals surface area contributed by atoms with E-state index in [9.17, 15) is 4.79 Å². The average Bonchev–Trinajstić information content (AvgIpc) is 2.90. The van der Waals surface area contributed by atoms with Gasteiger partial charge < -0.3 is 19.6 Å². The summed E-state index contributed by atoms with van der Waals surface area (Å²) in [5.74, 6) is 0.761. The van der Waals surface area contributed by atoms with E-state index in [0.717, 1.165) is 15.9 Å². The highest BCUT2D eigenvalue weighted by molar-refractivity contribution is 9.10. The van der Waals surface area contributed by atoms with Crippen molar-refractivity contribution in [1.82, 2.24) is 5.32 Å². The maximum Gasteiger partial charge on any atom is 0.407 e. The van der Waals surface area contributed by atoms with Gasteiger partial charge in [0.05, 0.1) is 16.7 Å². The summed E-state index contributed by atoms with van der Waals surface area (Å²) in [5, 5.41) is 6.64. The molecule has 2 rings (SSSR count). The molecule has 0 aromatic heterocycles. The highest BCUT2D eigenvalue weighted by Gasteiger charge is 2.23. The largest absolute Gasteiger partial charge is 0.488 e. The summed E-state index contributed by atoms with van der Waals surface area (Å²) in [4.78, 5) is 16.9. The van der Waals surface area contributed by atoms with Crippen molar-refractivity contribution in [3.8, 4) is 5.75 Å². The molecule has 0 fully saturated rings. The molecule has 0 bridgehead atoms. The molecule has 1 aliphatic heterocycles. The van der Waals surface area contributed by atoms with Crippen LogP contribution in [0.1, 0.15) is 27.2 Å². The number of alkyl carbamates (subject to hydrolysis) is 1. The zero-order valence-corrected chi connectivity index (χ0v) is 15.1. The normalized spacial score (nSPS) is 17.2. The maximum absolute atomic E-state index is 11.6. The van der Waals surface area contributed by atoms with E-state index in [1.54, 1.807) is 0 Å². The van der Waals surface area contributed by atoms with E-state index in [1.807, 2.05) is 45.0 Å². The molecule has 0 saturated heterocycles. The third-order valence-electron chi connectivity index (χ3n) is 2.89. The van der Waals surface area contributed by atoms with Gasteiger partial charge >= 0.3 is 6.09 Å². The van der Waals surface area contributed by atoms with Crippen LogP contribution in [-0.2, 0) is 9.57 Å². The van der Waals surface area contributed by atoms with Crippen LogP contribution in [0.2, 0.25) is 0 Å². The number of rotatable bonds is 5. The Morgan fingerprint density at radius 1 is 1.43 bits per heavy atom. The number of para-hydroxylation sites is 1. The number of carbonyl (C=O) groups excluding carboxylic acids is 1. The predicted octanol–water partition coefficient (Wildman–Crippen LogP) is 3.50.